The van der Waals surface area contributed by atoms with Crippen molar-refractivity contribution < 1.29 is 9.59 Å². The molecule has 3 nitrogen and oxygen atoms in total. The third kappa shape index (κ3) is 0.788. The first-order valence-electron chi connectivity index (χ1n) is 2.54. The van der Waals surface area contributed by atoms with E-state index in [1.807, 2.05) is 0 Å². The minimum absolute atomic E-state index is 0.0301. The Morgan fingerprint density at radius 3 is 2.38 bits per heavy atom. The number of rotatable bonds is 0. The van der Waals surface area contributed by atoms with E-state index >= 15 is 0 Å². The predicted molar refractivity (Wildman–Crippen MR) is 31.5 cm³/mol. The van der Waals surface area contributed by atoms with Crippen molar-refractivity contribution in [2.24, 2.45) is 0 Å². The van der Waals surface area contributed by atoms with Crippen molar-refractivity contribution in [2.75, 3.05) is 0 Å². The van der Waals surface area contributed by atoms with E-state index in [1.54, 1.807) is 0 Å². The van der Waals surface area contributed by atoms with Crippen molar-refractivity contribution in [1.82, 2.24) is 5.32 Å². The fraction of sp³-hybridized carbons (Fsp3) is 0.500. The first kappa shape index (κ1) is 5.49. The lowest BCUT2D eigenvalue weighted by Crippen LogP contribution is -2.20. The Labute approximate surface area is 49.9 Å². The van der Waals surface area contributed by atoms with E-state index in [0.29, 0.717) is 6.42 Å². The van der Waals surface area contributed by atoms with Crippen LogP contribution in [0.15, 0.2) is 0 Å². The van der Waals surface area contributed by atoms with Gasteiger partial charge < -0.3 is 0 Å². The van der Waals surface area contributed by atoms with Crippen molar-refractivity contribution in [3.63, 3.8) is 0 Å². The van der Waals surface area contributed by atoms with Crippen molar-refractivity contribution in [2.45, 2.75) is 12.0 Å². The normalized spacial score (nSPS) is 28.8. The molecule has 8 heavy (non-hydrogen) atoms. The Hall–Kier alpha value is -0.643. The summed E-state index contributed by atoms with van der Waals surface area (Å²) in [6, 6.07) is 0. The molecule has 44 valence electrons. The van der Waals surface area contributed by atoms with Gasteiger partial charge in [0.15, 0.2) is 0 Å². The van der Waals surface area contributed by atoms with Gasteiger partial charge >= 0.3 is 0 Å². The summed E-state index contributed by atoms with van der Waals surface area (Å²) in [6.07, 6.45) is 0.422. The maximum Gasteiger partial charge on any atom is 0.227 e. The number of amides is 2. The molecule has 1 fully saturated rings. The van der Waals surface area contributed by atoms with Crippen LogP contribution in [0.2, 0.25) is 5.54 Å². The second-order valence-corrected chi connectivity index (χ2v) is 3.41. The van der Waals surface area contributed by atoms with Crippen LogP contribution in [0.3, 0.4) is 0 Å². The number of imide groups is 1. The van der Waals surface area contributed by atoms with E-state index in [9.17, 15) is 9.59 Å². The highest BCUT2D eigenvalue weighted by Crippen LogP contribution is 2.10. The van der Waals surface area contributed by atoms with Crippen LogP contribution < -0.4 is 5.32 Å². The fourth-order valence-corrected chi connectivity index (χ4v) is 1.20. The van der Waals surface area contributed by atoms with Crippen LogP contribution in [0.4, 0.5) is 0 Å². The van der Waals surface area contributed by atoms with Crippen LogP contribution in [-0.2, 0) is 9.59 Å². The Kier molecular flexibility index (Phi) is 1.17. The van der Waals surface area contributed by atoms with Crippen LogP contribution in [0, 0.1) is 0 Å². The second kappa shape index (κ2) is 1.70. The number of nitrogens with one attached hydrogen (secondary N) is 1. The summed E-state index contributed by atoms with van der Waals surface area (Å²) in [5.74, 6) is -0.198. The molecule has 1 heterocycles. The molecule has 0 bridgehead atoms. The molecule has 1 rings (SSSR count). The minimum atomic E-state index is -0.116. The number of hydrogen-bond acceptors (Lipinski definition) is 2. The summed E-state index contributed by atoms with van der Waals surface area (Å²) in [4.78, 5) is 20.8. The molecule has 0 aromatic rings. The van der Waals surface area contributed by atoms with Gasteiger partial charge in [-0.15, -0.1) is 0 Å². The monoisotopic (exact) mass is 129 g/mol. The molecular formula is C4H7NO2Si. The first-order chi connectivity index (χ1) is 3.70. The van der Waals surface area contributed by atoms with Gasteiger partial charge in [0, 0.05) is 22.2 Å². The van der Waals surface area contributed by atoms with Crippen molar-refractivity contribution in [3.05, 3.63) is 0 Å². The highest BCUT2D eigenvalue weighted by atomic mass is 28.1. The molecule has 4 heteroatoms. The summed E-state index contributed by atoms with van der Waals surface area (Å²) < 4.78 is 0. The zero-order valence-corrected chi connectivity index (χ0v) is 6.60. The molecule has 1 aliphatic rings. The van der Waals surface area contributed by atoms with Gasteiger partial charge in [-0.05, 0) is 0 Å². The first-order valence-corrected chi connectivity index (χ1v) is 3.69. The number of hydrogen-bond donors (Lipinski definition) is 1. The molecule has 2 amide bonds. The molecule has 1 saturated heterocycles. The van der Waals surface area contributed by atoms with E-state index in [2.05, 4.69) is 5.32 Å². The van der Waals surface area contributed by atoms with E-state index in [0.717, 1.165) is 10.2 Å². The zero-order valence-electron chi connectivity index (χ0n) is 4.60. The molecule has 0 aliphatic carbocycles. The van der Waals surface area contributed by atoms with E-state index in [-0.39, 0.29) is 17.4 Å². The number of carbonyl (C=O) groups is 2. The quantitative estimate of drug-likeness (QED) is 0.309. The summed E-state index contributed by atoms with van der Waals surface area (Å²) in [5.41, 5.74) is 0.0301. The van der Waals surface area contributed by atoms with E-state index in [1.165, 1.54) is 0 Å². The lowest BCUT2D eigenvalue weighted by atomic mass is 10.3. The molecule has 1 aliphatic heterocycles. The third-order valence-corrected chi connectivity index (χ3v) is 2.13. The molecule has 1 atom stereocenters. The number of carbonyl (C=O) groups excluding carboxylic acids is 2. The van der Waals surface area contributed by atoms with Crippen molar-refractivity contribution in [1.29, 1.82) is 0 Å². The summed E-state index contributed by atoms with van der Waals surface area (Å²) in [6.45, 7) is 0. The van der Waals surface area contributed by atoms with Gasteiger partial charge in [0.25, 0.3) is 0 Å². The molecular weight excluding hydrogens is 122 g/mol. The van der Waals surface area contributed by atoms with Gasteiger partial charge in [0.2, 0.25) is 11.8 Å². The van der Waals surface area contributed by atoms with Crippen LogP contribution in [0.25, 0.3) is 0 Å². The third-order valence-electron chi connectivity index (χ3n) is 1.20. The Balaban J connectivity index is 2.64. The minimum Gasteiger partial charge on any atom is -0.296 e. The maximum atomic E-state index is 10.5. The van der Waals surface area contributed by atoms with E-state index < -0.39 is 0 Å². The molecule has 0 spiro atoms. The van der Waals surface area contributed by atoms with Gasteiger partial charge in [-0.3, -0.25) is 14.9 Å². The molecule has 1 N–H and O–H groups in total. The summed E-state index contributed by atoms with van der Waals surface area (Å²) >= 11 is 0. The lowest BCUT2D eigenvalue weighted by Gasteiger charge is -1.88. The van der Waals surface area contributed by atoms with Gasteiger partial charge in [-0.2, -0.15) is 0 Å². The SMILES string of the molecule is O=C1C[C@H]([SiH3])C(=O)N1. The van der Waals surface area contributed by atoms with Crippen LogP contribution >= 0.6 is 0 Å². The van der Waals surface area contributed by atoms with Gasteiger partial charge in [-0.25, -0.2) is 0 Å². The zero-order chi connectivity index (χ0) is 6.15. The van der Waals surface area contributed by atoms with Crippen molar-refractivity contribution >= 4 is 22.1 Å². The standard InChI is InChI=1S/C4H7NO2Si/c6-3-1-2(8)4(7)5-3/h2H,1H2,8H3,(H,5,6,7)/t2-/m0/s1. The second-order valence-electron chi connectivity index (χ2n) is 2.02. The average Bonchev–Trinajstić information content (AvgIpc) is 1.85. The van der Waals surface area contributed by atoms with Gasteiger partial charge in [0.05, 0.1) is 0 Å². The Bertz CT molecular complexity index is 145. The molecule has 0 aromatic carbocycles. The topological polar surface area (TPSA) is 46.2 Å². The fourth-order valence-electron chi connectivity index (χ4n) is 0.682. The van der Waals surface area contributed by atoms with E-state index in [4.69, 9.17) is 0 Å². The lowest BCUT2D eigenvalue weighted by molar-refractivity contribution is -0.124. The molecule has 0 unspecified atom stereocenters. The summed E-state index contributed by atoms with van der Waals surface area (Å²) in [5, 5.41) is 2.22. The van der Waals surface area contributed by atoms with Gasteiger partial charge in [0.1, 0.15) is 0 Å². The summed E-state index contributed by atoms with van der Waals surface area (Å²) in [7, 11) is 0.792. The largest absolute Gasteiger partial charge is 0.296 e. The maximum absolute atomic E-state index is 10.5. The van der Waals surface area contributed by atoms with Crippen molar-refractivity contribution in [3.8, 4) is 0 Å². The van der Waals surface area contributed by atoms with Crippen LogP contribution in [0.5, 0.6) is 0 Å². The van der Waals surface area contributed by atoms with Gasteiger partial charge in [-0.1, -0.05) is 0 Å². The molecule has 0 saturated carbocycles. The smallest absolute Gasteiger partial charge is 0.227 e. The highest BCUT2D eigenvalue weighted by Gasteiger charge is 2.25. The van der Waals surface area contributed by atoms with Crippen LogP contribution in [0.1, 0.15) is 6.42 Å². The highest BCUT2D eigenvalue weighted by molar-refractivity contribution is 6.29. The average molecular weight is 129 g/mol. The predicted octanol–water partition coefficient (Wildman–Crippen LogP) is -1.81. The van der Waals surface area contributed by atoms with Crippen LogP contribution in [-0.4, -0.2) is 22.1 Å². The Morgan fingerprint density at radius 1 is 1.62 bits per heavy atom. The molecule has 0 radical (unpaired) electrons. The molecule has 0 aromatic heterocycles. The Morgan fingerprint density at radius 2 is 2.25 bits per heavy atom.